The van der Waals surface area contributed by atoms with E-state index in [1.54, 1.807) is 0 Å². The fourth-order valence-electron chi connectivity index (χ4n) is 2.24. The summed E-state index contributed by atoms with van der Waals surface area (Å²) in [4.78, 5) is 0. The van der Waals surface area contributed by atoms with E-state index in [9.17, 15) is 0 Å². The Balaban J connectivity index is 2.25. The van der Waals surface area contributed by atoms with E-state index in [2.05, 4.69) is 42.3 Å². The van der Waals surface area contributed by atoms with Gasteiger partial charge in [-0.1, -0.05) is 26.7 Å². The van der Waals surface area contributed by atoms with Gasteiger partial charge >= 0.3 is 0 Å². The van der Waals surface area contributed by atoms with Crippen molar-refractivity contribution in [1.29, 1.82) is 0 Å². The summed E-state index contributed by atoms with van der Waals surface area (Å²) in [5.74, 6) is 1.58. The summed E-state index contributed by atoms with van der Waals surface area (Å²) >= 11 is 10.5. The van der Waals surface area contributed by atoms with Crippen LogP contribution in [-0.4, -0.2) is 22.9 Å². The van der Waals surface area contributed by atoms with Crippen molar-refractivity contribution in [3.8, 4) is 5.75 Å². The van der Waals surface area contributed by atoms with Gasteiger partial charge in [0, 0.05) is 11.7 Å². The van der Waals surface area contributed by atoms with E-state index in [1.807, 2.05) is 31.2 Å². The van der Waals surface area contributed by atoms with Gasteiger partial charge in [-0.15, -0.1) is 0 Å². The van der Waals surface area contributed by atoms with Crippen molar-refractivity contribution in [3.05, 3.63) is 24.3 Å². The molecule has 1 aromatic carbocycles. The number of nitrogens with one attached hydrogen (secondary N) is 4. The van der Waals surface area contributed by atoms with Gasteiger partial charge in [0.25, 0.3) is 0 Å². The minimum absolute atomic E-state index is 0.327. The Labute approximate surface area is 162 Å². The molecule has 0 aliphatic carbocycles. The number of hydrazine groups is 1. The molecule has 25 heavy (non-hydrogen) atoms. The standard InChI is InChI=1S/C18H30N4OS2/c1-5-23-16-11-9-15(10-12-16)20-18(25)22-21-17(24)19-14(4)8-6-7-13(2)3/h9-14H,5-8H2,1-4H3,(H2,19,21,24)(H2,20,22,25)/t14-/m0/s1. The molecule has 0 bridgehead atoms. The summed E-state index contributed by atoms with van der Waals surface area (Å²) in [6, 6.07) is 7.94. The Hall–Kier alpha value is -1.60. The molecule has 140 valence electrons. The minimum atomic E-state index is 0.327. The predicted octanol–water partition coefficient (Wildman–Crippen LogP) is 3.97. The first-order valence-corrected chi connectivity index (χ1v) is 9.58. The van der Waals surface area contributed by atoms with Gasteiger partial charge in [0.2, 0.25) is 0 Å². The lowest BCUT2D eigenvalue weighted by molar-refractivity contribution is 0.340. The van der Waals surface area contributed by atoms with Crippen molar-refractivity contribution in [2.75, 3.05) is 11.9 Å². The second-order valence-corrected chi connectivity index (χ2v) is 7.18. The molecule has 0 saturated heterocycles. The number of benzene rings is 1. The van der Waals surface area contributed by atoms with Crippen LogP contribution in [0, 0.1) is 5.92 Å². The molecule has 0 heterocycles. The van der Waals surface area contributed by atoms with Gasteiger partial charge in [-0.3, -0.25) is 10.9 Å². The van der Waals surface area contributed by atoms with Gasteiger partial charge in [-0.25, -0.2) is 0 Å². The Bertz CT molecular complexity index is 534. The summed E-state index contributed by atoms with van der Waals surface area (Å²) < 4.78 is 5.41. The van der Waals surface area contributed by atoms with E-state index in [-0.39, 0.29) is 0 Å². The van der Waals surface area contributed by atoms with Crippen molar-refractivity contribution in [1.82, 2.24) is 16.2 Å². The minimum Gasteiger partial charge on any atom is -0.494 e. The molecule has 0 radical (unpaired) electrons. The van der Waals surface area contributed by atoms with Crippen LogP contribution < -0.4 is 26.2 Å². The SMILES string of the molecule is CCOc1ccc(NC(=S)NNC(=S)N[C@@H](C)CCCC(C)C)cc1. The topological polar surface area (TPSA) is 57.4 Å². The molecular weight excluding hydrogens is 352 g/mol. The first-order valence-electron chi connectivity index (χ1n) is 8.77. The third-order valence-electron chi connectivity index (χ3n) is 3.51. The highest BCUT2D eigenvalue weighted by Crippen LogP contribution is 2.15. The lowest BCUT2D eigenvalue weighted by atomic mass is 10.0. The van der Waals surface area contributed by atoms with E-state index in [0.29, 0.717) is 22.9 Å². The molecule has 4 N–H and O–H groups in total. The monoisotopic (exact) mass is 382 g/mol. The molecule has 1 rings (SSSR count). The van der Waals surface area contributed by atoms with Crippen LogP contribution in [0.25, 0.3) is 0 Å². The number of hydrogen-bond donors (Lipinski definition) is 4. The molecule has 0 aliphatic rings. The number of rotatable bonds is 8. The van der Waals surface area contributed by atoms with E-state index < -0.39 is 0 Å². The highest BCUT2D eigenvalue weighted by atomic mass is 32.1. The fourth-order valence-corrected chi connectivity index (χ4v) is 2.66. The van der Waals surface area contributed by atoms with Crippen molar-refractivity contribution >= 4 is 40.3 Å². The van der Waals surface area contributed by atoms with Crippen molar-refractivity contribution in [2.45, 2.75) is 53.0 Å². The van der Waals surface area contributed by atoms with E-state index >= 15 is 0 Å². The lowest BCUT2D eigenvalue weighted by Gasteiger charge is -2.18. The molecule has 7 heteroatoms. The maximum absolute atomic E-state index is 5.41. The van der Waals surface area contributed by atoms with Crippen LogP contribution in [0.4, 0.5) is 5.69 Å². The molecule has 0 amide bonds. The molecule has 1 atom stereocenters. The third-order valence-corrected chi connectivity index (χ3v) is 3.93. The molecule has 0 spiro atoms. The first-order chi connectivity index (χ1) is 11.9. The molecule has 0 fully saturated rings. The largest absolute Gasteiger partial charge is 0.494 e. The van der Waals surface area contributed by atoms with Crippen LogP contribution in [0.15, 0.2) is 24.3 Å². The van der Waals surface area contributed by atoms with Gasteiger partial charge in [0.05, 0.1) is 6.61 Å². The predicted molar refractivity (Wildman–Crippen MR) is 114 cm³/mol. The zero-order valence-corrected chi connectivity index (χ0v) is 17.2. The Morgan fingerprint density at radius 2 is 1.64 bits per heavy atom. The Morgan fingerprint density at radius 1 is 1.00 bits per heavy atom. The zero-order chi connectivity index (χ0) is 18.7. The number of thiocarbonyl (C=S) groups is 2. The Morgan fingerprint density at radius 3 is 2.24 bits per heavy atom. The summed E-state index contributed by atoms with van der Waals surface area (Å²) in [7, 11) is 0. The van der Waals surface area contributed by atoms with Crippen molar-refractivity contribution in [3.63, 3.8) is 0 Å². The van der Waals surface area contributed by atoms with Crippen LogP contribution in [0.3, 0.4) is 0 Å². The maximum Gasteiger partial charge on any atom is 0.189 e. The zero-order valence-electron chi connectivity index (χ0n) is 15.5. The van der Waals surface area contributed by atoms with Crippen LogP contribution in [0.2, 0.25) is 0 Å². The van der Waals surface area contributed by atoms with Gasteiger partial charge in [-0.2, -0.15) is 0 Å². The molecule has 0 aromatic heterocycles. The summed E-state index contributed by atoms with van der Waals surface area (Å²) in [6.45, 7) is 9.22. The molecule has 0 saturated carbocycles. The number of hydrogen-bond acceptors (Lipinski definition) is 3. The van der Waals surface area contributed by atoms with Gasteiger partial charge in [0.1, 0.15) is 5.75 Å². The highest BCUT2D eigenvalue weighted by Gasteiger charge is 2.05. The molecule has 0 aliphatic heterocycles. The second-order valence-electron chi connectivity index (χ2n) is 6.36. The van der Waals surface area contributed by atoms with Crippen molar-refractivity contribution in [2.24, 2.45) is 5.92 Å². The van der Waals surface area contributed by atoms with Gasteiger partial charge < -0.3 is 15.4 Å². The summed E-state index contributed by atoms with van der Waals surface area (Å²) in [6.07, 6.45) is 3.52. The smallest absolute Gasteiger partial charge is 0.189 e. The molecule has 0 unspecified atom stereocenters. The normalized spacial score (nSPS) is 11.6. The average Bonchev–Trinajstić information content (AvgIpc) is 2.54. The first kappa shape index (κ1) is 21.4. The van der Waals surface area contributed by atoms with E-state index in [4.69, 9.17) is 29.2 Å². The lowest BCUT2D eigenvalue weighted by Crippen LogP contribution is -2.50. The molecule has 1 aromatic rings. The average molecular weight is 383 g/mol. The highest BCUT2D eigenvalue weighted by molar-refractivity contribution is 7.80. The molecule has 5 nitrogen and oxygen atoms in total. The van der Waals surface area contributed by atoms with E-state index in [1.165, 1.54) is 12.8 Å². The van der Waals surface area contributed by atoms with Crippen LogP contribution in [0.1, 0.15) is 47.0 Å². The van der Waals surface area contributed by atoms with Crippen LogP contribution >= 0.6 is 24.4 Å². The number of anilines is 1. The van der Waals surface area contributed by atoms with Gasteiger partial charge in [-0.05, 0) is 74.9 Å². The quantitative estimate of drug-likeness (QED) is 0.401. The molecular formula is C18H30N4OS2. The number of ether oxygens (including phenoxy) is 1. The summed E-state index contributed by atoms with van der Waals surface area (Å²) in [5.41, 5.74) is 6.67. The van der Waals surface area contributed by atoms with Gasteiger partial charge in [0.15, 0.2) is 10.2 Å². The van der Waals surface area contributed by atoms with Crippen LogP contribution in [-0.2, 0) is 0 Å². The fraction of sp³-hybridized carbons (Fsp3) is 0.556. The second kappa shape index (κ2) is 11.9. The van der Waals surface area contributed by atoms with Crippen molar-refractivity contribution < 1.29 is 4.74 Å². The Kier molecular flexibility index (Phi) is 10.2. The van der Waals surface area contributed by atoms with Crippen LogP contribution in [0.5, 0.6) is 5.75 Å². The third kappa shape index (κ3) is 10.1. The maximum atomic E-state index is 5.41. The summed E-state index contributed by atoms with van der Waals surface area (Å²) in [5, 5.41) is 7.31. The van der Waals surface area contributed by atoms with E-state index in [0.717, 1.165) is 23.8 Å².